The quantitative estimate of drug-likeness (QED) is 0.390. The molecule has 15 heavy (non-hydrogen) atoms. The van der Waals surface area contributed by atoms with Crippen LogP contribution in [0, 0.1) is 0 Å². The summed E-state index contributed by atoms with van der Waals surface area (Å²) in [5, 5.41) is 50.0. The van der Waals surface area contributed by atoms with Gasteiger partial charge in [0.1, 0.15) is 0 Å². The Hall–Kier alpha value is -0.411. The van der Waals surface area contributed by atoms with Crippen molar-refractivity contribution in [2.75, 3.05) is 0 Å². The molecule has 0 fully saturated rings. The predicted octanol–water partition coefficient (Wildman–Crippen LogP) is -7.73. The van der Waals surface area contributed by atoms with Crippen LogP contribution in [0.5, 0.6) is 0 Å². The Morgan fingerprint density at radius 1 is 0.600 bits per heavy atom. The molecule has 0 saturated heterocycles. The molecule has 0 heterocycles. The zero-order valence-electron chi connectivity index (χ0n) is 6.55. The van der Waals surface area contributed by atoms with Crippen molar-refractivity contribution in [2.45, 2.75) is 0 Å². The summed E-state index contributed by atoms with van der Waals surface area (Å²) in [5.74, 6) is 0. The zero-order chi connectivity index (χ0) is 10.7. The van der Waals surface area contributed by atoms with Crippen LogP contribution in [-0.2, 0) is 33.6 Å². The van der Waals surface area contributed by atoms with E-state index >= 15 is 0 Å². The maximum Gasteiger partial charge on any atom is 2.00 e. The Kier molecular flexibility index (Phi) is 71.1. The summed E-state index contributed by atoms with van der Waals surface area (Å²) in [4.78, 5) is 25.0. The van der Waals surface area contributed by atoms with Crippen molar-refractivity contribution >= 4 is 41.5 Å². The van der Waals surface area contributed by atoms with Crippen molar-refractivity contribution in [3.63, 3.8) is 0 Å². The average molecular weight is 319 g/mol. The minimum atomic E-state index is -2.33. The van der Waals surface area contributed by atoms with E-state index in [0.717, 1.165) is 0 Å². The van der Waals surface area contributed by atoms with E-state index < -0.39 is 18.5 Å². The third-order valence-electron chi connectivity index (χ3n) is 0. The Bertz CT molecular complexity index is 123. The van der Waals surface area contributed by atoms with E-state index in [2.05, 4.69) is 0 Å². The Balaban J connectivity index is -0.0000000184. The Morgan fingerprint density at radius 3 is 0.600 bits per heavy atom. The first-order valence-corrected chi connectivity index (χ1v) is 1.84. The van der Waals surface area contributed by atoms with E-state index in [0.29, 0.717) is 0 Å². The molecule has 0 aromatic rings. The summed E-state index contributed by atoms with van der Waals surface area (Å²) in [5.41, 5.74) is 0. The summed E-state index contributed by atoms with van der Waals surface area (Å²) in [6.45, 7) is 0. The van der Waals surface area contributed by atoms with Gasteiger partial charge in [-0.2, -0.15) is 0 Å². The van der Waals surface area contributed by atoms with Crippen LogP contribution < -0.4 is 30.6 Å². The monoisotopic (exact) mass is 318 g/mol. The average Bonchev–Trinajstić information content (AvgIpc) is 1.54. The third kappa shape index (κ3) is 10800. The van der Waals surface area contributed by atoms with E-state index in [1.807, 2.05) is 0 Å². The van der Waals surface area contributed by atoms with Crippen LogP contribution in [0.15, 0.2) is 0 Å². The molecule has 0 atom stereocenters. The minimum absolute atomic E-state index is 0. The molecule has 0 radical (unpaired) electrons. The Morgan fingerprint density at radius 2 is 0.600 bits per heavy atom. The van der Waals surface area contributed by atoms with Gasteiger partial charge >= 0.3 is 56.6 Å². The molecule has 0 aromatic heterocycles. The van der Waals surface area contributed by atoms with Crippen LogP contribution in [0.2, 0.25) is 0 Å². The van der Waals surface area contributed by atoms with E-state index in [-0.39, 0.29) is 56.6 Å². The van der Waals surface area contributed by atoms with Gasteiger partial charge in [0.05, 0.1) is 0 Å². The van der Waals surface area contributed by atoms with Gasteiger partial charge in [-0.3, -0.25) is 0 Å². The van der Waals surface area contributed by atoms with Crippen molar-refractivity contribution in [2.24, 2.45) is 0 Å². The van der Waals surface area contributed by atoms with Gasteiger partial charge in [-0.05, 0) is 18.5 Å². The first-order chi connectivity index (χ1) is 5.20. The van der Waals surface area contributed by atoms with Gasteiger partial charge in [0.2, 0.25) is 0 Å². The maximum absolute atomic E-state index is 8.33. The fraction of sp³-hybridized carbons (Fsp3) is 0. The molecule has 9 nitrogen and oxygen atoms in total. The molecule has 0 spiro atoms. The molecule has 0 aliphatic carbocycles. The Labute approximate surface area is 120 Å². The number of carboxylic acid groups (broad SMARTS) is 6. The SMILES string of the molecule is O=C([O-])[O-].O=C([O-])[O-].O=C([O-])[O-].[Fe+2].[Mg+2].[Ni+2]. The molecule has 12 heteroatoms. The first-order valence-electron chi connectivity index (χ1n) is 1.84. The fourth-order valence-corrected chi connectivity index (χ4v) is 0. The minimum Gasteiger partial charge on any atom is -0.652 e. The van der Waals surface area contributed by atoms with Crippen molar-refractivity contribution in [1.29, 1.82) is 0 Å². The van der Waals surface area contributed by atoms with Gasteiger partial charge in [-0.1, -0.05) is 0 Å². The van der Waals surface area contributed by atoms with Crippen LogP contribution in [0.3, 0.4) is 0 Å². The van der Waals surface area contributed by atoms with Crippen LogP contribution in [-0.4, -0.2) is 41.5 Å². The second-order valence-electron chi connectivity index (χ2n) is 0.750. The predicted molar refractivity (Wildman–Crippen MR) is 21.9 cm³/mol. The molecule has 0 N–H and O–H groups in total. The van der Waals surface area contributed by atoms with Crippen molar-refractivity contribution in [3.8, 4) is 0 Å². The van der Waals surface area contributed by atoms with Crippen LogP contribution in [0.1, 0.15) is 0 Å². The molecule has 0 amide bonds. The summed E-state index contributed by atoms with van der Waals surface area (Å²) in [7, 11) is 0. The summed E-state index contributed by atoms with van der Waals surface area (Å²) >= 11 is 0. The number of hydrogen-bond donors (Lipinski definition) is 0. The normalized spacial score (nSPS) is 4.80. The number of hydrogen-bond acceptors (Lipinski definition) is 9. The molecule has 0 saturated carbocycles. The smallest absolute Gasteiger partial charge is 0.652 e. The summed E-state index contributed by atoms with van der Waals surface area (Å²) in [6.07, 6.45) is -7.00. The van der Waals surface area contributed by atoms with Crippen molar-refractivity contribution < 1.29 is 78.6 Å². The molecule has 0 rings (SSSR count). The molecule has 0 unspecified atom stereocenters. The van der Waals surface area contributed by atoms with Gasteiger partial charge in [-0.25, -0.2) is 0 Å². The van der Waals surface area contributed by atoms with Gasteiger partial charge in [0.25, 0.3) is 0 Å². The van der Waals surface area contributed by atoms with E-state index in [9.17, 15) is 0 Å². The first kappa shape index (κ1) is 36.5. The van der Waals surface area contributed by atoms with Crippen LogP contribution in [0.4, 0.5) is 14.4 Å². The molecule has 0 aliphatic rings. The van der Waals surface area contributed by atoms with Crippen LogP contribution >= 0.6 is 0 Å². The molecule has 0 aromatic carbocycles. The molecular weight excluding hydrogens is 319 g/mol. The van der Waals surface area contributed by atoms with Crippen molar-refractivity contribution in [1.82, 2.24) is 0 Å². The molecule has 0 aliphatic heterocycles. The maximum atomic E-state index is 8.33. The number of carbonyl (C=O) groups is 3. The largest absolute Gasteiger partial charge is 2.00 e. The number of rotatable bonds is 0. The van der Waals surface area contributed by atoms with Gasteiger partial charge in [-0.15, -0.1) is 0 Å². The standard InChI is InChI=1S/3CH2O3.Fe.Mg.Ni/c3*2-1(3)4;;;/h3*(H2,2,3,4);;;/q;;;3*+2/p-6. The zero-order valence-corrected chi connectivity index (χ0v) is 10.1. The second-order valence-corrected chi connectivity index (χ2v) is 0.750. The van der Waals surface area contributed by atoms with Gasteiger partial charge < -0.3 is 45.0 Å². The second kappa shape index (κ2) is 29.2. The van der Waals surface area contributed by atoms with E-state index in [4.69, 9.17) is 45.0 Å². The molecule has 86 valence electrons. The van der Waals surface area contributed by atoms with Crippen LogP contribution in [0.25, 0.3) is 0 Å². The topological polar surface area (TPSA) is 190 Å². The van der Waals surface area contributed by atoms with E-state index in [1.54, 1.807) is 0 Å². The van der Waals surface area contributed by atoms with Gasteiger partial charge in [0.15, 0.2) is 0 Å². The third-order valence-corrected chi connectivity index (χ3v) is 0. The number of carbonyl (C=O) groups excluding carboxylic acids is 3. The van der Waals surface area contributed by atoms with Gasteiger partial charge in [0, 0.05) is 0 Å². The van der Waals surface area contributed by atoms with E-state index in [1.165, 1.54) is 0 Å². The summed E-state index contributed by atoms with van der Waals surface area (Å²) < 4.78 is 0. The van der Waals surface area contributed by atoms with Crippen molar-refractivity contribution in [3.05, 3.63) is 0 Å². The summed E-state index contributed by atoms with van der Waals surface area (Å²) in [6, 6.07) is 0. The molecular formula is C3FeMgNiO9. The molecule has 0 bridgehead atoms. The fourth-order valence-electron chi connectivity index (χ4n) is 0.